The van der Waals surface area contributed by atoms with Crippen molar-refractivity contribution in [2.45, 2.75) is 13.8 Å². The Bertz CT molecular complexity index is 851. The molecule has 0 spiro atoms. The van der Waals surface area contributed by atoms with Crippen LogP contribution in [-0.4, -0.2) is 9.38 Å². The zero-order chi connectivity index (χ0) is 14.3. The predicted octanol–water partition coefficient (Wildman–Crippen LogP) is 3.63. The minimum Gasteiger partial charge on any atom is -0.268 e. The van der Waals surface area contributed by atoms with E-state index in [2.05, 4.69) is 4.98 Å². The molecule has 0 N–H and O–H groups in total. The van der Waals surface area contributed by atoms with Gasteiger partial charge in [-0.25, -0.2) is 4.98 Å². The van der Waals surface area contributed by atoms with Crippen molar-refractivity contribution in [2.24, 2.45) is 0 Å². The summed E-state index contributed by atoms with van der Waals surface area (Å²) in [4.78, 5) is 17.3. The summed E-state index contributed by atoms with van der Waals surface area (Å²) in [5.41, 5.74) is 3.67. The Morgan fingerprint density at radius 3 is 2.45 bits per heavy atom. The second kappa shape index (κ2) is 4.76. The summed E-state index contributed by atoms with van der Waals surface area (Å²) in [5.74, 6) is 0. The van der Waals surface area contributed by atoms with E-state index in [0.29, 0.717) is 16.2 Å². The van der Waals surface area contributed by atoms with Crippen molar-refractivity contribution in [1.29, 1.82) is 0 Å². The highest BCUT2D eigenvalue weighted by Gasteiger charge is 2.12. The number of aryl methyl sites for hydroxylation is 2. The fourth-order valence-corrected chi connectivity index (χ4v) is 2.52. The third kappa shape index (κ3) is 2.00. The van der Waals surface area contributed by atoms with Crippen molar-refractivity contribution < 1.29 is 0 Å². The lowest BCUT2D eigenvalue weighted by molar-refractivity contribution is 0.976. The molecular weight excluding hydrogens is 272 g/mol. The fourth-order valence-electron chi connectivity index (χ4n) is 2.40. The van der Waals surface area contributed by atoms with Crippen LogP contribution in [0.1, 0.15) is 11.4 Å². The maximum atomic E-state index is 12.7. The van der Waals surface area contributed by atoms with Gasteiger partial charge in [0.25, 0.3) is 5.56 Å². The predicted molar refractivity (Wildman–Crippen MR) is 81.4 cm³/mol. The molecular formula is C16H13ClN2O. The van der Waals surface area contributed by atoms with Gasteiger partial charge in [-0.15, -0.1) is 0 Å². The van der Waals surface area contributed by atoms with E-state index >= 15 is 0 Å². The molecule has 3 rings (SSSR count). The van der Waals surface area contributed by atoms with E-state index in [0.717, 1.165) is 17.0 Å². The second-order valence-corrected chi connectivity index (χ2v) is 5.18. The van der Waals surface area contributed by atoms with Gasteiger partial charge in [0.2, 0.25) is 0 Å². The van der Waals surface area contributed by atoms with Crippen LogP contribution in [0.25, 0.3) is 16.8 Å². The Labute approximate surface area is 121 Å². The number of aromatic nitrogens is 2. The van der Waals surface area contributed by atoms with Gasteiger partial charge in [-0.1, -0.05) is 29.8 Å². The summed E-state index contributed by atoms with van der Waals surface area (Å²) >= 11 is 5.90. The van der Waals surface area contributed by atoms with Crippen molar-refractivity contribution in [3.63, 3.8) is 0 Å². The molecule has 0 radical (unpaired) electrons. The molecule has 0 fully saturated rings. The van der Waals surface area contributed by atoms with Crippen LogP contribution in [0.5, 0.6) is 0 Å². The number of hydrogen-bond acceptors (Lipinski definition) is 2. The molecule has 0 atom stereocenters. The number of hydrogen-bond donors (Lipinski definition) is 0. The molecule has 0 aliphatic heterocycles. The number of benzene rings is 1. The highest BCUT2D eigenvalue weighted by molar-refractivity contribution is 6.30. The van der Waals surface area contributed by atoms with Crippen LogP contribution in [-0.2, 0) is 0 Å². The third-order valence-corrected chi connectivity index (χ3v) is 3.61. The first kappa shape index (κ1) is 12.9. The number of rotatable bonds is 1. The maximum absolute atomic E-state index is 12.7. The first-order valence-electron chi connectivity index (χ1n) is 6.33. The zero-order valence-electron chi connectivity index (χ0n) is 11.2. The summed E-state index contributed by atoms with van der Waals surface area (Å²) < 4.78 is 1.64. The smallest absolute Gasteiger partial charge is 0.266 e. The quantitative estimate of drug-likeness (QED) is 0.684. The molecule has 0 unspecified atom stereocenters. The number of fused-ring (bicyclic) bond motifs is 1. The van der Waals surface area contributed by atoms with Crippen molar-refractivity contribution in [1.82, 2.24) is 9.38 Å². The monoisotopic (exact) mass is 284 g/mol. The van der Waals surface area contributed by atoms with Crippen LogP contribution < -0.4 is 5.56 Å². The topological polar surface area (TPSA) is 34.4 Å². The van der Waals surface area contributed by atoms with Gasteiger partial charge in [-0.2, -0.15) is 0 Å². The van der Waals surface area contributed by atoms with Gasteiger partial charge in [0.15, 0.2) is 0 Å². The van der Waals surface area contributed by atoms with Gasteiger partial charge in [0.05, 0.1) is 11.3 Å². The van der Waals surface area contributed by atoms with Gasteiger partial charge in [0, 0.05) is 10.7 Å². The number of nitrogens with zero attached hydrogens (tertiary/aromatic N) is 2. The minimum absolute atomic E-state index is 0.0482. The van der Waals surface area contributed by atoms with Crippen LogP contribution >= 0.6 is 11.6 Å². The molecule has 0 saturated carbocycles. The molecule has 0 aliphatic rings. The van der Waals surface area contributed by atoms with Crippen molar-refractivity contribution in [3.8, 4) is 11.1 Å². The molecule has 100 valence electrons. The standard InChI is InChI=1S/C16H13ClN2O/c1-10-4-3-5-14-18-11(2)15(16(20)19(10)14)12-6-8-13(17)9-7-12/h3-9H,1-2H3. The van der Waals surface area contributed by atoms with E-state index in [1.165, 1.54) is 0 Å². The average molecular weight is 285 g/mol. The van der Waals surface area contributed by atoms with E-state index in [4.69, 9.17) is 11.6 Å². The van der Waals surface area contributed by atoms with Gasteiger partial charge in [-0.3, -0.25) is 9.20 Å². The Kier molecular flexibility index (Phi) is 3.07. The average Bonchev–Trinajstić information content (AvgIpc) is 2.40. The SMILES string of the molecule is Cc1nc2cccc(C)n2c(=O)c1-c1ccc(Cl)cc1. The molecule has 0 aliphatic carbocycles. The van der Waals surface area contributed by atoms with Gasteiger partial charge >= 0.3 is 0 Å². The molecule has 0 bridgehead atoms. The Balaban J connectivity index is 2.39. The van der Waals surface area contributed by atoms with Crippen molar-refractivity contribution in [2.75, 3.05) is 0 Å². The number of halogens is 1. The van der Waals surface area contributed by atoms with Gasteiger partial charge < -0.3 is 0 Å². The second-order valence-electron chi connectivity index (χ2n) is 4.75. The van der Waals surface area contributed by atoms with Crippen LogP contribution in [0.3, 0.4) is 0 Å². The summed E-state index contributed by atoms with van der Waals surface area (Å²) in [7, 11) is 0. The Morgan fingerprint density at radius 2 is 1.75 bits per heavy atom. The van der Waals surface area contributed by atoms with Crippen LogP contribution in [0, 0.1) is 13.8 Å². The highest BCUT2D eigenvalue weighted by atomic mass is 35.5. The molecule has 1 aromatic carbocycles. The summed E-state index contributed by atoms with van der Waals surface area (Å²) in [5, 5.41) is 0.649. The Hall–Kier alpha value is -2.13. The number of pyridine rings is 1. The lowest BCUT2D eigenvalue weighted by Gasteiger charge is -2.10. The largest absolute Gasteiger partial charge is 0.268 e. The van der Waals surface area contributed by atoms with E-state index in [1.54, 1.807) is 16.5 Å². The molecule has 2 aromatic heterocycles. The molecule has 3 aromatic rings. The van der Waals surface area contributed by atoms with Gasteiger partial charge in [0.1, 0.15) is 5.65 Å². The van der Waals surface area contributed by atoms with Crippen LogP contribution in [0.2, 0.25) is 5.02 Å². The van der Waals surface area contributed by atoms with Crippen LogP contribution in [0.4, 0.5) is 0 Å². The van der Waals surface area contributed by atoms with E-state index in [1.807, 2.05) is 44.2 Å². The molecule has 20 heavy (non-hydrogen) atoms. The minimum atomic E-state index is -0.0482. The summed E-state index contributed by atoms with van der Waals surface area (Å²) in [6.45, 7) is 3.75. The maximum Gasteiger partial charge on any atom is 0.266 e. The van der Waals surface area contributed by atoms with Crippen molar-refractivity contribution in [3.05, 3.63) is 69.2 Å². The third-order valence-electron chi connectivity index (χ3n) is 3.36. The van der Waals surface area contributed by atoms with Crippen LogP contribution in [0.15, 0.2) is 47.3 Å². The first-order chi connectivity index (χ1) is 9.58. The molecule has 3 nitrogen and oxygen atoms in total. The van der Waals surface area contributed by atoms with E-state index < -0.39 is 0 Å². The normalized spacial score (nSPS) is 10.9. The summed E-state index contributed by atoms with van der Waals surface area (Å²) in [6, 6.07) is 12.9. The van der Waals surface area contributed by atoms with Crippen molar-refractivity contribution >= 4 is 17.2 Å². The lowest BCUT2D eigenvalue weighted by atomic mass is 10.1. The molecule has 2 heterocycles. The Morgan fingerprint density at radius 1 is 1.05 bits per heavy atom. The zero-order valence-corrected chi connectivity index (χ0v) is 12.0. The molecule has 0 saturated heterocycles. The fraction of sp³-hybridized carbons (Fsp3) is 0.125. The highest BCUT2D eigenvalue weighted by Crippen LogP contribution is 2.21. The lowest BCUT2D eigenvalue weighted by Crippen LogP contribution is -2.20. The molecule has 4 heteroatoms. The first-order valence-corrected chi connectivity index (χ1v) is 6.70. The van der Waals surface area contributed by atoms with E-state index in [-0.39, 0.29) is 5.56 Å². The molecule has 0 amide bonds. The van der Waals surface area contributed by atoms with E-state index in [9.17, 15) is 4.79 Å². The van der Waals surface area contributed by atoms with Gasteiger partial charge in [-0.05, 0) is 43.7 Å². The summed E-state index contributed by atoms with van der Waals surface area (Å²) in [6.07, 6.45) is 0.